The van der Waals surface area contributed by atoms with Crippen molar-refractivity contribution >= 4 is 0 Å². The fourth-order valence-corrected chi connectivity index (χ4v) is 1.58. The van der Waals surface area contributed by atoms with Crippen molar-refractivity contribution in [2.24, 2.45) is 0 Å². The van der Waals surface area contributed by atoms with Gasteiger partial charge in [0.15, 0.2) is 0 Å². The highest BCUT2D eigenvalue weighted by Crippen LogP contribution is 2.10. The lowest BCUT2D eigenvalue weighted by Crippen LogP contribution is -2.26. The summed E-state index contributed by atoms with van der Waals surface area (Å²) in [5.74, 6) is 0. The number of H-pyrrole nitrogens is 1. The van der Waals surface area contributed by atoms with Gasteiger partial charge in [0.25, 0.3) is 0 Å². The Balaban J connectivity index is 1.82. The number of hydrogen-bond donors (Lipinski definition) is 2. The van der Waals surface area contributed by atoms with Gasteiger partial charge in [-0.2, -0.15) is 5.10 Å². The average molecular weight is 177 g/mol. The highest BCUT2D eigenvalue weighted by molar-refractivity contribution is 5.13. The maximum Gasteiger partial charge on any atom is 0.0519 e. The van der Waals surface area contributed by atoms with Gasteiger partial charge in [-0.3, -0.25) is 5.10 Å². The summed E-state index contributed by atoms with van der Waals surface area (Å²) in [5, 5.41) is 10.5. The van der Waals surface area contributed by atoms with E-state index in [9.17, 15) is 0 Å². The number of aryl methyl sites for hydroxylation is 1. The molecule has 0 bridgehead atoms. The van der Waals surface area contributed by atoms with Gasteiger partial charge in [-0.05, 0) is 25.3 Å². The van der Waals surface area contributed by atoms with Crippen molar-refractivity contribution in [3.63, 3.8) is 0 Å². The Labute approximate surface area is 78.2 Å². The zero-order chi connectivity index (χ0) is 9.10. The summed E-state index contributed by atoms with van der Waals surface area (Å²) >= 11 is 0. The molecule has 0 aromatic carbocycles. The normalized spacial score (nSPS) is 17.0. The van der Waals surface area contributed by atoms with E-state index in [-0.39, 0.29) is 0 Å². The van der Waals surface area contributed by atoms with E-state index in [1.165, 1.54) is 11.3 Å². The lowest BCUT2D eigenvalue weighted by Gasteiger charge is -2.10. The maximum atomic E-state index is 3.99. The first-order valence-corrected chi connectivity index (χ1v) is 4.73. The highest BCUT2D eigenvalue weighted by Gasteiger charge is 2.09. The zero-order valence-corrected chi connectivity index (χ0v) is 7.88. The van der Waals surface area contributed by atoms with Crippen molar-refractivity contribution in [3.05, 3.63) is 29.6 Å². The number of aromatic amines is 1. The minimum absolute atomic E-state index is 0.627. The molecule has 1 aliphatic rings. The predicted octanol–water partition coefficient (Wildman–Crippen LogP) is 1.53. The van der Waals surface area contributed by atoms with Crippen LogP contribution >= 0.6 is 0 Å². The summed E-state index contributed by atoms with van der Waals surface area (Å²) in [6.07, 6.45) is 8.65. The van der Waals surface area contributed by atoms with Crippen molar-refractivity contribution < 1.29 is 0 Å². The van der Waals surface area contributed by atoms with Crippen LogP contribution in [0.4, 0.5) is 0 Å². The Morgan fingerprint density at radius 1 is 1.54 bits per heavy atom. The topological polar surface area (TPSA) is 40.7 Å². The van der Waals surface area contributed by atoms with E-state index in [0.29, 0.717) is 6.04 Å². The predicted molar refractivity (Wildman–Crippen MR) is 52.3 cm³/mol. The molecule has 0 amide bonds. The summed E-state index contributed by atoms with van der Waals surface area (Å²) < 4.78 is 0. The van der Waals surface area contributed by atoms with Crippen LogP contribution in [0.2, 0.25) is 0 Å². The molecule has 13 heavy (non-hydrogen) atoms. The molecule has 1 aliphatic carbocycles. The second-order valence-electron chi connectivity index (χ2n) is 3.55. The molecule has 0 unspecified atom stereocenters. The van der Waals surface area contributed by atoms with Crippen LogP contribution in [0.1, 0.15) is 24.1 Å². The number of hydrogen-bond acceptors (Lipinski definition) is 2. The van der Waals surface area contributed by atoms with Gasteiger partial charge in [0.1, 0.15) is 0 Å². The van der Waals surface area contributed by atoms with E-state index in [1.54, 1.807) is 0 Å². The highest BCUT2D eigenvalue weighted by atomic mass is 15.1. The van der Waals surface area contributed by atoms with Crippen LogP contribution in [0.15, 0.2) is 18.3 Å². The van der Waals surface area contributed by atoms with Gasteiger partial charge in [0.05, 0.1) is 11.9 Å². The molecule has 70 valence electrons. The first kappa shape index (κ1) is 8.51. The first-order valence-electron chi connectivity index (χ1n) is 4.73. The smallest absolute Gasteiger partial charge is 0.0519 e. The van der Waals surface area contributed by atoms with Crippen LogP contribution in [-0.2, 0) is 6.54 Å². The standard InChI is InChI=1S/C10H15N3/c1-8-6-12-13-10(8)7-11-9-4-2-3-5-9/h2-3,6,9,11H,4-5,7H2,1H3,(H,12,13). The fourth-order valence-electron chi connectivity index (χ4n) is 1.58. The molecule has 0 saturated carbocycles. The molecule has 0 fully saturated rings. The molecule has 1 aromatic heterocycles. The molecule has 0 radical (unpaired) electrons. The summed E-state index contributed by atoms with van der Waals surface area (Å²) in [5.41, 5.74) is 2.44. The van der Waals surface area contributed by atoms with Crippen LogP contribution in [0, 0.1) is 6.92 Å². The third-order valence-corrected chi connectivity index (χ3v) is 2.51. The van der Waals surface area contributed by atoms with Crippen LogP contribution in [0.25, 0.3) is 0 Å². The van der Waals surface area contributed by atoms with Gasteiger partial charge < -0.3 is 5.32 Å². The molecule has 0 atom stereocenters. The molecule has 0 saturated heterocycles. The quantitative estimate of drug-likeness (QED) is 0.687. The van der Waals surface area contributed by atoms with Crippen molar-refractivity contribution in [2.45, 2.75) is 32.4 Å². The number of nitrogens with zero attached hydrogens (tertiary/aromatic N) is 1. The van der Waals surface area contributed by atoms with E-state index in [4.69, 9.17) is 0 Å². The van der Waals surface area contributed by atoms with Crippen LogP contribution in [-0.4, -0.2) is 16.2 Å². The molecule has 3 heteroatoms. The van der Waals surface area contributed by atoms with Crippen LogP contribution in [0.3, 0.4) is 0 Å². The van der Waals surface area contributed by atoms with E-state index < -0.39 is 0 Å². The second kappa shape index (κ2) is 3.75. The molecule has 2 rings (SSSR count). The summed E-state index contributed by atoms with van der Waals surface area (Å²) in [6, 6.07) is 0.627. The molecule has 1 aromatic rings. The van der Waals surface area contributed by atoms with E-state index >= 15 is 0 Å². The van der Waals surface area contributed by atoms with Crippen molar-refractivity contribution in [3.8, 4) is 0 Å². The van der Waals surface area contributed by atoms with Gasteiger partial charge in [0.2, 0.25) is 0 Å². The Morgan fingerprint density at radius 3 is 2.92 bits per heavy atom. The van der Waals surface area contributed by atoms with Crippen molar-refractivity contribution in [1.82, 2.24) is 15.5 Å². The molecule has 1 heterocycles. The number of aromatic nitrogens is 2. The summed E-state index contributed by atoms with van der Waals surface area (Å²) in [7, 11) is 0. The molecular weight excluding hydrogens is 162 g/mol. The van der Waals surface area contributed by atoms with Gasteiger partial charge >= 0.3 is 0 Å². The Hall–Kier alpha value is -1.09. The monoisotopic (exact) mass is 177 g/mol. The largest absolute Gasteiger partial charge is 0.308 e. The molecule has 0 spiro atoms. The fraction of sp³-hybridized carbons (Fsp3) is 0.500. The summed E-state index contributed by atoms with van der Waals surface area (Å²) in [4.78, 5) is 0. The summed E-state index contributed by atoms with van der Waals surface area (Å²) in [6.45, 7) is 2.98. The van der Waals surface area contributed by atoms with Gasteiger partial charge in [0, 0.05) is 12.6 Å². The Bertz CT molecular complexity index is 293. The SMILES string of the molecule is Cc1cn[nH]c1CNC1CC=CC1. The Morgan fingerprint density at radius 2 is 2.31 bits per heavy atom. The molecular formula is C10H15N3. The van der Waals surface area contributed by atoms with Crippen molar-refractivity contribution in [1.29, 1.82) is 0 Å². The minimum atomic E-state index is 0.627. The third-order valence-electron chi connectivity index (χ3n) is 2.51. The molecule has 3 nitrogen and oxygen atoms in total. The van der Waals surface area contributed by atoms with E-state index in [0.717, 1.165) is 19.4 Å². The number of rotatable bonds is 3. The number of nitrogens with one attached hydrogen (secondary N) is 2. The zero-order valence-electron chi connectivity index (χ0n) is 7.88. The lowest BCUT2D eigenvalue weighted by molar-refractivity contribution is 0.532. The lowest BCUT2D eigenvalue weighted by atomic mass is 10.2. The van der Waals surface area contributed by atoms with Gasteiger partial charge in [-0.25, -0.2) is 0 Å². The molecule has 2 N–H and O–H groups in total. The van der Waals surface area contributed by atoms with Gasteiger partial charge in [-0.15, -0.1) is 0 Å². The van der Waals surface area contributed by atoms with Gasteiger partial charge in [-0.1, -0.05) is 12.2 Å². The molecule has 0 aliphatic heterocycles. The van der Waals surface area contributed by atoms with Crippen LogP contribution < -0.4 is 5.32 Å². The first-order chi connectivity index (χ1) is 6.36. The van der Waals surface area contributed by atoms with Crippen molar-refractivity contribution in [2.75, 3.05) is 0 Å². The Kier molecular flexibility index (Phi) is 2.45. The van der Waals surface area contributed by atoms with Crippen LogP contribution in [0.5, 0.6) is 0 Å². The average Bonchev–Trinajstić information content (AvgIpc) is 2.72. The minimum Gasteiger partial charge on any atom is -0.308 e. The second-order valence-corrected chi connectivity index (χ2v) is 3.55. The van der Waals surface area contributed by atoms with E-state index in [2.05, 4.69) is 34.6 Å². The maximum absolute atomic E-state index is 3.99. The van der Waals surface area contributed by atoms with E-state index in [1.807, 2.05) is 6.20 Å². The third kappa shape index (κ3) is 1.98.